The van der Waals surface area contributed by atoms with Gasteiger partial charge in [-0.2, -0.15) is 0 Å². The minimum absolute atomic E-state index is 0.0482. The van der Waals surface area contributed by atoms with Gasteiger partial charge in [-0.1, -0.05) is 44.4 Å². The van der Waals surface area contributed by atoms with Crippen molar-refractivity contribution < 1.29 is 152 Å². The molecule has 0 aliphatic carbocycles. The molecule has 0 spiro atoms. The molecular formula is C63H101N5O31. The Kier molecular flexibility index (Phi) is 31.7. The Morgan fingerprint density at radius 3 is 1.35 bits per heavy atom. The number of hydrogen-bond acceptors (Lipinski definition) is 31. The predicted octanol–water partition coefficient (Wildman–Crippen LogP) is -6.72. The smallest absolute Gasteiger partial charge is 0.251 e. The van der Waals surface area contributed by atoms with Gasteiger partial charge in [-0.05, 0) is 50.8 Å². The van der Waals surface area contributed by atoms with Gasteiger partial charge < -0.3 is 155 Å². The lowest BCUT2D eigenvalue weighted by atomic mass is 9.93. The van der Waals surface area contributed by atoms with Crippen LogP contribution in [0.2, 0.25) is 0 Å². The fourth-order valence-corrected chi connectivity index (χ4v) is 12.7. The molecule has 36 nitrogen and oxygen atoms in total. The van der Waals surface area contributed by atoms with Crippen molar-refractivity contribution in [2.75, 3.05) is 46.8 Å². The van der Waals surface area contributed by atoms with E-state index >= 15 is 0 Å². The topological polar surface area (TPSA) is 528 Å². The fraction of sp³-hybridized carbons (Fsp3) is 0.794. The third-order valence-electron chi connectivity index (χ3n) is 17.8. The summed E-state index contributed by atoms with van der Waals surface area (Å²) in [4.78, 5) is 65.1. The van der Waals surface area contributed by atoms with Gasteiger partial charge in [-0.15, -0.1) is 0 Å². The summed E-state index contributed by atoms with van der Waals surface area (Å²) < 4.78 is 77.9. The number of nitrogens with one attached hydrogen (secondary N) is 5. The molecule has 6 fully saturated rings. The van der Waals surface area contributed by atoms with Crippen LogP contribution in [0.25, 0.3) is 0 Å². The van der Waals surface area contributed by atoms with Crippen molar-refractivity contribution in [2.45, 2.75) is 270 Å². The lowest BCUT2D eigenvalue weighted by Crippen LogP contribution is -2.72. The Hall–Kier alpha value is -4.89. The third kappa shape index (κ3) is 20.9. The average molecular weight is 1420 g/mol. The van der Waals surface area contributed by atoms with Crippen LogP contribution in [-0.2, 0) is 76.0 Å². The number of carbonyl (C=O) groups is 5. The van der Waals surface area contributed by atoms with E-state index in [0.717, 1.165) is 53.4 Å². The van der Waals surface area contributed by atoms with Gasteiger partial charge in [0.05, 0.1) is 45.7 Å². The number of aliphatic hydroxyl groups excluding tert-OH is 13. The van der Waals surface area contributed by atoms with Crippen molar-refractivity contribution in [1.29, 1.82) is 0 Å². The van der Waals surface area contributed by atoms with E-state index in [1.165, 1.54) is 39.0 Å². The fourth-order valence-electron chi connectivity index (χ4n) is 12.7. The number of hydrogen-bond donors (Lipinski definition) is 18. The van der Waals surface area contributed by atoms with Crippen molar-refractivity contribution in [3.05, 3.63) is 42.0 Å². The van der Waals surface area contributed by atoms with Gasteiger partial charge in [0.25, 0.3) is 5.91 Å². The van der Waals surface area contributed by atoms with Crippen molar-refractivity contribution in [1.82, 2.24) is 26.6 Å². The van der Waals surface area contributed by atoms with E-state index in [2.05, 4.69) is 45.7 Å². The molecule has 1 aromatic rings. The number of aliphatic hydroxyl groups is 13. The number of allylic oxidation sites excluding steroid dienone is 2. The van der Waals surface area contributed by atoms with Crippen LogP contribution < -0.4 is 31.3 Å². The summed E-state index contributed by atoms with van der Waals surface area (Å²) in [5.41, 5.74) is 0.0482. The maximum Gasteiger partial charge on any atom is 0.251 e. The highest BCUT2D eigenvalue weighted by Crippen LogP contribution is 2.37. The Labute approximate surface area is 571 Å². The summed E-state index contributed by atoms with van der Waals surface area (Å²) in [6.45, 7) is 3.52. The molecule has 0 bridgehead atoms. The van der Waals surface area contributed by atoms with Gasteiger partial charge >= 0.3 is 0 Å². The largest absolute Gasteiger partial charge is 0.494 e. The Balaban J connectivity index is 1.07. The normalized spacial score (nSPS) is 39.6. The Morgan fingerprint density at radius 2 is 0.899 bits per heavy atom. The van der Waals surface area contributed by atoms with Gasteiger partial charge in [0.1, 0.15) is 146 Å². The number of unbranched alkanes of at least 4 members (excludes halogenated alkanes) is 5. The zero-order chi connectivity index (χ0) is 72.5. The first-order chi connectivity index (χ1) is 47.2. The summed E-state index contributed by atoms with van der Waals surface area (Å²) in [5, 5.41) is 158. The third-order valence-corrected chi connectivity index (χ3v) is 17.8. The zero-order valence-corrected chi connectivity index (χ0v) is 56.1. The highest BCUT2D eigenvalue weighted by molar-refractivity contribution is 5.94. The molecule has 0 radical (unpaired) electrons. The van der Waals surface area contributed by atoms with Gasteiger partial charge in [0, 0.05) is 40.4 Å². The first kappa shape index (κ1) is 81.4. The maximum atomic E-state index is 14.0. The monoisotopic (exact) mass is 1420 g/mol. The van der Waals surface area contributed by atoms with Crippen LogP contribution in [0.4, 0.5) is 0 Å². The molecule has 6 heterocycles. The van der Waals surface area contributed by atoms with E-state index in [4.69, 9.17) is 61.6 Å². The SMILES string of the molecule is CCCCCC/C=C\CCCOc1cccc(C(=O)N[C@@H]2C(O[C@H]3C(O)C(NC(C)=O)C(OC4C(CO)OC(O[C@H]5C(O)C(NC(C)=O)C(OC6C(CO[C@@H]7OC(C)C(O)[C@H](O)[C@H]7OC)O[C@@H](O)[C@@H](NC(C)=O)[C@H]6O)O[C@H]5CO)[C@@H](NC(C)=O)[C@H]4O)O[C@H]3CO)OC(CO)[C@@H](O)[C@@H]2O)c1. The maximum absolute atomic E-state index is 14.0. The molecule has 15 unspecified atom stereocenters. The highest BCUT2D eigenvalue weighted by atomic mass is 16.8. The second-order valence-corrected chi connectivity index (χ2v) is 25.3. The van der Waals surface area contributed by atoms with Gasteiger partial charge in [0.2, 0.25) is 23.6 Å². The van der Waals surface area contributed by atoms with Gasteiger partial charge in [-0.3, -0.25) is 24.0 Å². The molecule has 0 saturated carbocycles. The van der Waals surface area contributed by atoms with Crippen molar-refractivity contribution in [2.24, 2.45) is 0 Å². The number of ether oxygens (including phenoxy) is 13. The van der Waals surface area contributed by atoms with E-state index in [9.17, 15) is 90.4 Å². The van der Waals surface area contributed by atoms with E-state index in [1.807, 2.05) is 0 Å². The average Bonchev–Trinajstić information content (AvgIpc) is 0.771. The molecule has 0 aromatic heterocycles. The lowest BCUT2D eigenvalue weighted by Gasteiger charge is -2.51. The van der Waals surface area contributed by atoms with Crippen molar-refractivity contribution in [3.63, 3.8) is 0 Å². The molecule has 6 saturated heterocycles. The minimum atomic E-state index is -2.07. The molecular weight excluding hydrogens is 1320 g/mol. The summed E-state index contributed by atoms with van der Waals surface area (Å²) >= 11 is 0. The van der Waals surface area contributed by atoms with Crippen LogP contribution in [0.3, 0.4) is 0 Å². The molecule has 30 atom stereocenters. The van der Waals surface area contributed by atoms with Crippen LogP contribution >= 0.6 is 0 Å². The van der Waals surface area contributed by atoms with Crippen LogP contribution in [-0.4, -0.2) is 327 Å². The molecule has 564 valence electrons. The van der Waals surface area contributed by atoms with Crippen molar-refractivity contribution in [3.8, 4) is 5.75 Å². The predicted molar refractivity (Wildman–Crippen MR) is 333 cm³/mol. The molecule has 18 N–H and O–H groups in total. The Morgan fingerprint density at radius 1 is 0.465 bits per heavy atom. The quantitative estimate of drug-likeness (QED) is 0.0235. The van der Waals surface area contributed by atoms with E-state index in [1.54, 1.807) is 12.1 Å². The summed E-state index contributed by atoms with van der Waals surface area (Å²) in [7, 11) is 1.21. The molecule has 5 amide bonds. The first-order valence-corrected chi connectivity index (χ1v) is 33.2. The highest BCUT2D eigenvalue weighted by Gasteiger charge is 2.58. The molecule has 1 aromatic carbocycles. The minimum Gasteiger partial charge on any atom is -0.494 e. The molecule has 99 heavy (non-hydrogen) atoms. The van der Waals surface area contributed by atoms with Crippen LogP contribution in [0.1, 0.15) is 96.8 Å². The van der Waals surface area contributed by atoms with E-state index in [0.29, 0.717) is 18.8 Å². The number of benzene rings is 1. The van der Waals surface area contributed by atoms with E-state index in [-0.39, 0.29) is 5.56 Å². The van der Waals surface area contributed by atoms with Crippen molar-refractivity contribution >= 4 is 29.5 Å². The molecule has 36 heteroatoms. The van der Waals surface area contributed by atoms with Gasteiger partial charge in [0.15, 0.2) is 37.7 Å². The number of amides is 5. The van der Waals surface area contributed by atoms with Gasteiger partial charge in [-0.25, -0.2) is 0 Å². The lowest BCUT2D eigenvalue weighted by molar-refractivity contribution is -0.368. The second-order valence-electron chi connectivity index (χ2n) is 25.3. The molecule has 6 aliphatic heterocycles. The number of carbonyl (C=O) groups excluding carboxylic acids is 5. The zero-order valence-electron chi connectivity index (χ0n) is 56.1. The summed E-state index contributed by atoms with van der Waals surface area (Å²) in [6, 6.07) is -2.45. The summed E-state index contributed by atoms with van der Waals surface area (Å²) in [5.74, 6) is -3.67. The first-order valence-electron chi connectivity index (χ1n) is 33.2. The number of rotatable bonds is 32. The second kappa shape index (κ2) is 38.6. The summed E-state index contributed by atoms with van der Waals surface area (Å²) in [6.07, 6.45) is -32.0. The molecule has 6 aliphatic rings. The Bertz CT molecular complexity index is 2730. The van der Waals surface area contributed by atoms with Crippen LogP contribution in [0.5, 0.6) is 5.75 Å². The van der Waals surface area contributed by atoms with Crippen LogP contribution in [0, 0.1) is 0 Å². The van der Waals surface area contributed by atoms with Crippen LogP contribution in [0.15, 0.2) is 36.4 Å². The molecule has 7 rings (SSSR count). The number of methoxy groups -OCH3 is 1. The standard InChI is InChI=1S/C63H101N5O31/c1-8-9-10-11-12-13-14-15-16-20-88-33-19-17-18-32(21-33)57(85)68-40-46(79)45(78)34(22-69)92-59(40)96-52-35(23-70)93-60(41(48(52)81)65-29(4)74)97-53-36(24-71)94-61(42(49(53)82)66-30(5)75)98-54-37(25-72)95-62(43(50(54)83)67-31(6)76)99-55-38(91-58(86)39(47(55)80)64-28(3)73)26-89-63-56(87-7)51(84)44(77)27(2)90-63/h13-14,17-19,21,27,34-56,58-63,69-72,77-84,86H,8-12,15-16,20,22-26H2,1-7H3,(H,64,73)(H,65,74)(H,66,75)(H,67,76)(H,68,85)/b14-13-/t27?,34?,35-,36?,37-,38?,39-,40-,41?,42-,43?,44?,45+,46+,47+,48?,49+,50?,51-,52+,53?,54+,55?,56+,58+,59?,60?,61?,62?,63+/m0/s1. The van der Waals surface area contributed by atoms with E-state index < -0.39 is 246 Å².